The smallest absolute Gasteiger partial charge is 0.119 e. The molecule has 0 saturated carbocycles. The molecule has 0 aliphatic heterocycles. The van der Waals surface area contributed by atoms with Gasteiger partial charge in [0.25, 0.3) is 0 Å². The molecular weight excluding hydrogens is 210 g/mol. The summed E-state index contributed by atoms with van der Waals surface area (Å²) in [7, 11) is 0. The lowest BCUT2D eigenvalue weighted by Gasteiger charge is -2.15. The Morgan fingerprint density at radius 1 is 1.24 bits per heavy atom. The summed E-state index contributed by atoms with van der Waals surface area (Å²) >= 11 is 0. The van der Waals surface area contributed by atoms with Gasteiger partial charge in [-0.3, -0.25) is 0 Å². The van der Waals surface area contributed by atoms with Gasteiger partial charge in [-0.2, -0.15) is 0 Å². The second-order valence-electron chi connectivity index (χ2n) is 4.45. The van der Waals surface area contributed by atoms with Gasteiger partial charge in [-0.1, -0.05) is 32.4 Å². The van der Waals surface area contributed by atoms with Crippen molar-refractivity contribution in [1.82, 2.24) is 5.32 Å². The molecule has 0 spiro atoms. The second-order valence-corrected chi connectivity index (χ2v) is 4.45. The van der Waals surface area contributed by atoms with Crippen molar-refractivity contribution in [3.8, 4) is 5.75 Å². The molecule has 1 atom stereocenters. The van der Waals surface area contributed by atoms with E-state index < -0.39 is 0 Å². The van der Waals surface area contributed by atoms with Crippen molar-refractivity contribution in [2.24, 2.45) is 0 Å². The van der Waals surface area contributed by atoms with Crippen LogP contribution in [0.5, 0.6) is 5.75 Å². The van der Waals surface area contributed by atoms with Gasteiger partial charge in [-0.25, -0.2) is 0 Å². The van der Waals surface area contributed by atoms with Gasteiger partial charge in [0.1, 0.15) is 5.75 Å². The van der Waals surface area contributed by atoms with E-state index in [9.17, 15) is 0 Å². The SMILES string of the molecule is CCCCN[C@@H](C)c1cccc(OCCC)c1. The van der Waals surface area contributed by atoms with Crippen LogP contribution in [0.1, 0.15) is 51.6 Å². The monoisotopic (exact) mass is 235 g/mol. The van der Waals surface area contributed by atoms with Crippen molar-refractivity contribution in [2.75, 3.05) is 13.2 Å². The fraction of sp³-hybridized carbons (Fsp3) is 0.600. The van der Waals surface area contributed by atoms with Gasteiger partial charge in [0, 0.05) is 6.04 Å². The van der Waals surface area contributed by atoms with Crippen LogP contribution in [0, 0.1) is 0 Å². The van der Waals surface area contributed by atoms with Crippen molar-refractivity contribution >= 4 is 0 Å². The Labute approximate surface area is 105 Å². The van der Waals surface area contributed by atoms with Crippen LogP contribution in [-0.4, -0.2) is 13.2 Å². The van der Waals surface area contributed by atoms with Crippen LogP contribution in [0.3, 0.4) is 0 Å². The van der Waals surface area contributed by atoms with Gasteiger partial charge in [0.15, 0.2) is 0 Å². The Kier molecular flexibility index (Phi) is 6.71. The highest BCUT2D eigenvalue weighted by molar-refractivity contribution is 5.30. The molecule has 1 aromatic rings. The summed E-state index contributed by atoms with van der Waals surface area (Å²) in [6.45, 7) is 8.41. The molecular formula is C15H25NO. The third kappa shape index (κ3) is 5.22. The third-order valence-corrected chi connectivity index (χ3v) is 2.81. The molecule has 0 aromatic heterocycles. The molecule has 2 nitrogen and oxygen atoms in total. The molecule has 2 heteroatoms. The van der Waals surface area contributed by atoms with Crippen LogP contribution in [-0.2, 0) is 0 Å². The average molecular weight is 235 g/mol. The zero-order chi connectivity index (χ0) is 12.5. The van der Waals surface area contributed by atoms with Gasteiger partial charge >= 0.3 is 0 Å². The predicted molar refractivity (Wildman–Crippen MR) is 73.6 cm³/mol. The summed E-state index contributed by atoms with van der Waals surface area (Å²) in [5, 5.41) is 3.53. The van der Waals surface area contributed by atoms with E-state index in [0.717, 1.165) is 25.3 Å². The van der Waals surface area contributed by atoms with Gasteiger partial charge in [-0.15, -0.1) is 0 Å². The van der Waals surface area contributed by atoms with E-state index in [1.165, 1.54) is 18.4 Å². The third-order valence-electron chi connectivity index (χ3n) is 2.81. The minimum atomic E-state index is 0.395. The van der Waals surface area contributed by atoms with Crippen molar-refractivity contribution in [3.63, 3.8) is 0 Å². The number of nitrogens with one attached hydrogen (secondary N) is 1. The lowest BCUT2D eigenvalue weighted by Crippen LogP contribution is -2.19. The van der Waals surface area contributed by atoms with E-state index in [0.29, 0.717) is 6.04 Å². The molecule has 0 aliphatic carbocycles. The van der Waals surface area contributed by atoms with Crippen molar-refractivity contribution in [1.29, 1.82) is 0 Å². The zero-order valence-electron chi connectivity index (χ0n) is 11.3. The summed E-state index contributed by atoms with van der Waals surface area (Å²) in [6, 6.07) is 8.78. The zero-order valence-corrected chi connectivity index (χ0v) is 11.3. The van der Waals surface area contributed by atoms with Gasteiger partial charge < -0.3 is 10.1 Å². The number of hydrogen-bond acceptors (Lipinski definition) is 2. The maximum Gasteiger partial charge on any atom is 0.119 e. The van der Waals surface area contributed by atoms with E-state index >= 15 is 0 Å². The number of benzene rings is 1. The number of unbranched alkanes of at least 4 members (excludes halogenated alkanes) is 1. The minimum absolute atomic E-state index is 0.395. The molecule has 0 amide bonds. The van der Waals surface area contributed by atoms with Crippen LogP contribution in [0.25, 0.3) is 0 Å². The summed E-state index contributed by atoms with van der Waals surface area (Å²) in [5.74, 6) is 0.980. The van der Waals surface area contributed by atoms with Gasteiger partial charge in [0.2, 0.25) is 0 Å². The Morgan fingerprint density at radius 3 is 2.76 bits per heavy atom. The average Bonchev–Trinajstić information content (AvgIpc) is 2.37. The van der Waals surface area contributed by atoms with Crippen LogP contribution in [0.4, 0.5) is 0 Å². The Balaban J connectivity index is 2.51. The molecule has 0 unspecified atom stereocenters. The number of rotatable bonds is 8. The quantitative estimate of drug-likeness (QED) is 0.689. The summed E-state index contributed by atoms with van der Waals surface area (Å²) in [4.78, 5) is 0. The molecule has 96 valence electrons. The fourth-order valence-electron chi connectivity index (χ4n) is 1.71. The van der Waals surface area contributed by atoms with Crippen LogP contribution < -0.4 is 10.1 Å². The lowest BCUT2D eigenvalue weighted by molar-refractivity contribution is 0.317. The summed E-state index contributed by atoms with van der Waals surface area (Å²) in [5.41, 5.74) is 1.30. The Morgan fingerprint density at radius 2 is 2.06 bits per heavy atom. The number of ether oxygens (including phenoxy) is 1. The fourth-order valence-corrected chi connectivity index (χ4v) is 1.71. The highest BCUT2D eigenvalue weighted by Gasteiger charge is 2.05. The van der Waals surface area contributed by atoms with Crippen LogP contribution >= 0.6 is 0 Å². The number of hydrogen-bond donors (Lipinski definition) is 1. The molecule has 0 saturated heterocycles. The van der Waals surface area contributed by atoms with Crippen molar-refractivity contribution < 1.29 is 4.74 Å². The highest BCUT2D eigenvalue weighted by atomic mass is 16.5. The van der Waals surface area contributed by atoms with Crippen LogP contribution in [0.15, 0.2) is 24.3 Å². The molecule has 1 rings (SSSR count). The molecule has 0 heterocycles. The topological polar surface area (TPSA) is 21.3 Å². The largest absolute Gasteiger partial charge is 0.494 e. The highest BCUT2D eigenvalue weighted by Crippen LogP contribution is 2.19. The molecule has 0 bridgehead atoms. The maximum absolute atomic E-state index is 5.64. The van der Waals surface area contributed by atoms with E-state index in [2.05, 4.69) is 44.3 Å². The maximum atomic E-state index is 5.64. The standard InChI is InChI=1S/C15H25NO/c1-4-6-10-16-13(3)14-8-7-9-15(12-14)17-11-5-2/h7-9,12-13,16H,4-6,10-11H2,1-3H3/t13-/m0/s1. The minimum Gasteiger partial charge on any atom is -0.494 e. The predicted octanol–water partition coefficient (Wildman–Crippen LogP) is 3.93. The molecule has 0 aliphatic rings. The van der Waals surface area contributed by atoms with E-state index in [1.54, 1.807) is 0 Å². The van der Waals surface area contributed by atoms with E-state index in [1.807, 2.05) is 6.07 Å². The Bertz CT molecular complexity index is 312. The van der Waals surface area contributed by atoms with Crippen molar-refractivity contribution in [3.05, 3.63) is 29.8 Å². The molecule has 0 radical (unpaired) electrons. The summed E-state index contributed by atoms with van der Waals surface area (Å²) in [6.07, 6.45) is 3.52. The Hall–Kier alpha value is -1.02. The van der Waals surface area contributed by atoms with Crippen molar-refractivity contribution in [2.45, 2.75) is 46.1 Å². The first-order valence-electron chi connectivity index (χ1n) is 6.74. The first kappa shape index (κ1) is 14.0. The molecule has 1 aromatic carbocycles. The van der Waals surface area contributed by atoms with E-state index in [-0.39, 0.29) is 0 Å². The normalized spacial score (nSPS) is 12.4. The second kappa shape index (κ2) is 8.13. The first-order chi connectivity index (χ1) is 8.27. The molecule has 17 heavy (non-hydrogen) atoms. The van der Waals surface area contributed by atoms with Gasteiger partial charge in [0.05, 0.1) is 6.61 Å². The van der Waals surface area contributed by atoms with Crippen LogP contribution in [0.2, 0.25) is 0 Å². The molecule has 0 fully saturated rings. The molecule has 1 N–H and O–H groups in total. The lowest BCUT2D eigenvalue weighted by atomic mass is 10.1. The first-order valence-corrected chi connectivity index (χ1v) is 6.74. The summed E-state index contributed by atoms with van der Waals surface area (Å²) < 4.78 is 5.64. The van der Waals surface area contributed by atoms with Gasteiger partial charge in [-0.05, 0) is 44.0 Å². The van der Waals surface area contributed by atoms with E-state index in [4.69, 9.17) is 4.74 Å².